The lowest BCUT2D eigenvalue weighted by Gasteiger charge is -2.24. The van der Waals surface area contributed by atoms with Crippen LogP contribution in [0.2, 0.25) is 0 Å². The van der Waals surface area contributed by atoms with Gasteiger partial charge in [-0.2, -0.15) is 0 Å². The Hall–Kier alpha value is -3.00. The van der Waals surface area contributed by atoms with E-state index in [1.807, 2.05) is 28.8 Å². The van der Waals surface area contributed by atoms with Crippen molar-refractivity contribution in [3.63, 3.8) is 0 Å². The normalized spacial score (nSPS) is 17.7. The number of fused-ring (bicyclic) bond motifs is 1. The fraction of sp³-hybridized carbons (Fsp3) is 0.538. The Morgan fingerprint density at radius 2 is 1.85 bits per heavy atom. The fourth-order valence-electron chi connectivity index (χ4n) is 5.04. The number of methoxy groups -OCH3 is 1. The standard InChI is InChI=1S/C26H33N5O3/c1-33-23-10-7-20(16-27-23)21-8-9-22-25(30-21)31(17-19-5-3-2-4-6-19)26(32)24(29-22)28-15-18-11-13-34-14-12-18/h7-10,16,18-19H,2-6,11-15,17H2,1H3,(H,28,29). The van der Waals surface area contributed by atoms with E-state index in [2.05, 4.69) is 10.3 Å². The maximum atomic E-state index is 13.6. The monoisotopic (exact) mass is 463 g/mol. The number of anilines is 1. The molecule has 0 spiro atoms. The van der Waals surface area contributed by atoms with Crippen molar-refractivity contribution in [2.75, 3.05) is 32.2 Å². The first-order valence-corrected chi connectivity index (χ1v) is 12.4. The van der Waals surface area contributed by atoms with E-state index < -0.39 is 0 Å². The number of pyridine rings is 2. The molecule has 8 nitrogen and oxygen atoms in total. The van der Waals surface area contributed by atoms with Crippen molar-refractivity contribution >= 4 is 17.0 Å². The van der Waals surface area contributed by atoms with E-state index in [0.717, 1.165) is 62.2 Å². The second-order valence-electron chi connectivity index (χ2n) is 9.45. The second-order valence-corrected chi connectivity index (χ2v) is 9.45. The zero-order valence-corrected chi connectivity index (χ0v) is 19.8. The van der Waals surface area contributed by atoms with Gasteiger partial charge in [-0.05, 0) is 55.7 Å². The molecule has 5 rings (SSSR count). The molecular weight excluding hydrogens is 430 g/mol. The van der Waals surface area contributed by atoms with Crippen molar-refractivity contribution in [1.29, 1.82) is 0 Å². The highest BCUT2D eigenvalue weighted by Gasteiger charge is 2.20. The average Bonchev–Trinajstić information content (AvgIpc) is 2.90. The highest BCUT2D eigenvalue weighted by atomic mass is 16.5. The minimum atomic E-state index is -0.0809. The van der Waals surface area contributed by atoms with Gasteiger partial charge in [-0.1, -0.05) is 19.3 Å². The van der Waals surface area contributed by atoms with Crippen LogP contribution in [0.15, 0.2) is 35.3 Å². The third kappa shape index (κ3) is 5.06. The molecule has 0 unspecified atom stereocenters. The smallest absolute Gasteiger partial charge is 0.294 e. The minimum Gasteiger partial charge on any atom is -0.481 e. The van der Waals surface area contributed by atoms with Crippen LogP contribution in [0.25, 0.3) is 22.4 Å². The van der Waals surface area contributed by atoms with E-state index in [1.54, 1.807) is 13.3 Å². The van der Waals surface area contributed by atoms with Crippen LogP contribution in [-0.4, -0.2) is 46.4 Å². The van der Waals surface area contributed by atoms with E-state index in [1.165, 1.54) is 19.3 Å². The lowest BCUT2D eigenvalue weighted by atomic mass is 9.89. The number of hydrogen-bond acceptors (Lipinski definition) is 7. The predicted molar refractivity (Wildman–Crippen MR) is 132 cm³/mol. The first-order valence-electron chi connectivity index (χ1n) is 12.4. The van der Waals surface area contributed by atoms with Crippen LogP contribution in [0.3, 0.4) is 0 Å². The predicted octanol–water partition coefficient (Wildman–Crippen LogP) is 4.28. The van der Waals surface area contributed by atoms with E-state index in [-0.39, 0.29) is 5.56 Å². The summed E-state index contributed by atoms with van der Waals surface area (Å²) in [5.41, 5.74) is 2.93. The molecule has 34 heavy (non-hydrogen) atoms. The van der Waals surface area contributed by atoms with Gasteiger partial charge in [-0.3, -0.25) is 9.36 Å². The van der Waals surface area contributed by atoms with Crippen molar-refractivity contribution < 1.29 is 9.47 Å². The number of ether oxygens (including phenoxy) is 2. The number of aromatic nitrogens is 4. The number of rotatable bonds is 7. The molecule has 1 saturated heterocycles. The summed E-state index contributed by atoms with van der Waals surface area (Å²) in [4.78, 5) is 27.5. The lowest BCUT2D eigenvalue weighted by Crippen LogP contribution is -2.31. The minimum absolute atomic E-state index is 0.0809. The zero-order valence-electron chi connectivity index (χ0n) is 19.8. The SMILES string of the molecule is COc1ccc(-c2ccc3nc(NCC4CCOCC4)c(=O)n(CC4CCCCC4)c3n2)cn1. The summed E-state index contributed by atoms with van der Waals surface area (Å²) in [5, 5.41) is 3.36. The molecular formula is C26H33N5O3. The largest absolute Gasteiger partial charge is 0.481 e. The van der Waals surface area contributed by atoms with Gasteiger partial charge in [0.15, 0.2) is 11.5 Å². The lowest BCUT2D eigenvalue weighted by molar-refractivity contribution is 0.0699. The highest BCUT2D eigenvalue weighted by Crippen LogP contribution is 2.27. The summed E-state index contributed by atoms with van der Waals surface area (Å²) in [6.07, 6.45) is 9.82. The molecule has 1 aliphatic heterocycles. The average molecular weight is 464 g/mol. The first kappa shape index (κ1) is 22.8. The summed E-state index contributed by atoms with van der Waals surface area (Å²) < 4.78 is 12.5. The van der Waals surface area contributed by atoms with Crippen molar-refractivity contribution in [3.05, 3.63) is 40.8 Å². The Bertz CT molecular complexity index is 1170. The Balaban J connectivity index is 1.50. The Morgan fingerprint density at radius 1 is 1.03 bits per heavy atom. The van der Waals surface area contributed by atoms with E-state index in [9.17, 15) is 4.79 Å². The van der Waals surface area contributed by atoms with E-state index in [4.69, 9.17) is 19.4 Å². The van der Waals surface area contributed by atoms with Crippen LogP contribution in [-0.2, 0) is 11.3 Å². The Labute approximate surface area is 199 Å². The molecule has 0 aromatic carbocycles. The summed E-state index contributed by atoms with van der Waals surface area (Å²) in [6, 6.07) is 7.65. The van der Waals surface area contributed by atoms with Crippen LogP contribution in [0, 0.1) is 11.8 Å². The molecule has 180 valence electrons. The van der Waals surface area contributed by atoms with Crippen LogP contribution < -0.4 is 15.6 Å². The molecule has 0 atom stereocenters. The molecule has 2 fully saturated rings. The molecule has 3 aromatic heterocycles. The molecule has 1 aliphatic carbocycles. The van der Waals surface area contributed by atoms with Crippen molar-refractivity contribution in [2.24, 2.45) is 11.8 Å². The molecule has 1 N–H and O–H groups in total. The quantitative estimate of drug-likeness (QED) is 0.559. The summed E-state index contributed by atoms with van der Waals surface area (Å²) in [6.45, 7) is 3.00. The third-order valence-electron chi connectivity index (χ3n) is 7.10. The van der Waals surface area contributed by atoms with Crippen LogP contribution >= 0.6 is 0 Å². The molecule has 0 bridgehead atoms. The number of nitrogens with zero attached hydrogens (tertiary/aromatic N) is 4. The number of hydrogen-bond donors (Lipinski definition) is 1. The first-order chi connectivity index (χ1) is 16.7. The number of nitrogens with one attached hydrogen (secondary N) is 1. The van der Waals surface area contributed by atoms with Crippen molar-refractivity contribution in [1.82, 2.24) is 19.5 Å². The van der Waals surface area contributed by atoms with Gasteiger partial charge < -0.3 is 14.8 Å². The molecule has 0 radical (unpaired) electrons. The van der Waals surface area contributed by atoms with Gasteiger partial charge in [0.25, 0.3) is 5.56 Å². The van der Waals surface area contributed by atoms with Gasteiger partial charge in [0, 0.05) is 44.1 Å². The van der Waals surface area contributed by atoms with Gasteiger partial charge in [-0.25, -0.2) is 15.0 Å². The van der Waals surface area contributed by atoms with Gasteiger partial charge in [0.05, 0.1) is 12.8 Å². The maximum Gasteiger partial charge on any atom is 0.294 e. The van der Waals surface area contributed by atoms with Crippen LogP contribution in [0.1, 0.15) is 44.9 Å². The van der Waals surface area contributed by atoms with Gasteiger partial charge >= 0.3 is 0 Å². The maximum absolute atomic E-state index is 13.6. The molecule has 3 aromatic rings. The molecule has 4 heterocycles. The van der Waals surface area contributed by atoms with Gasteiger partial charge in [0.2, 0.25) is 5.88 Å². The summed E-state index contributed by atoms with van der Waals surface area (Å²) in [5.74, 6) is 1.98. The highest BCUT2D eigenvalue weighted by molar-refractivity contribution is 5.76. The molecule has 8 heteroatoms. The zero-order chi connectivity index (χ0) is 23.3. The topological polar surface area (TPSA) is 91.2 Å². The van der Waals surface area contributed by atoms with Gasteiger partial charge in [-0.15, -0.1) is 0 Å². The van der Waals surface area contributed by atoms with Crippen LogP contribution in [0.5, 0.6) is 5.88 Å². The molecule has 0 amide bonds. The Morgan fingerprint density at radius 3 is 2.59 bits per heavy atom. The van der Waals surface area contributed by atoms with Crippen LogP contribution in [0.4, 0.5) is 5.82 Å². The molecule has 2 aliphatic rings. The molecule has 1 saturated carbocycles. The van der Waals surface area contributed by atoms with Crippen molar-refractivity contribution in [2.45, 2.75) is 51.5 Å². The Kier molecular flexibility index (Phi) is 7.04. The van der Waals surface area contributed by atoms with Gasteiger partial charge in [0.1, 0.15) is 5.52 Å². The third-order valence-corrected chi connectivity index (χ3v) is 7.10. The fourth-order valence-corrected chi connectivity index (χ4v) is 5.04. The van der Waals surface area contributed by atoms with E-state index in [0.29, 0.717) is 35.7 Å². The van der Waals surface area contributed by atoms with Crippen molar-refractivity contribution in [3.8, 4) is 17.1 Å². The second kappa shape index (κ2) is 10.5. The summed E-state index contributed by atoms with van der Waals surface area (Å²) in [7, 11) is 1.60. The van der Waals surface area contributed by atoms with E-state index >= 15 is 0 Å². The summed E-state index contributed by atoms with van der Waals surface area (Å²) >= 11 is 0.